The molecule has 0 aliphatic carbocycles. The highest BCUT2D eigenvalue weighted by atomic mass is 35.5. The Morgan fingerprint density at radius 1 is 1.30 bits per heavy atom. The third-order valence-corrected chi connectivity index (χ3v) is 5.94. The van der Waals surface area contributed by atoms with Gasteiger partial charge < -0.3 is 20.1 Å². The van der Waals surface area contributed by atoms with Gasteiger partial charge in [0.2, 0.25) is 0 Å². The van der Waals surface area contributed by atoms with Crippen molar-refractivity contribution in [3.8, 4) is 0 Å². The molecule has 0 radical (unpaired) electrons. The summed E-state index contributed by atoms with van der Waals surface area (Å²) in [6.45, 7) is 2.49. The Morgan fingerprint density at radius 2 is 2.03 bits per heavy atom. The summed E-state index contributed by atoms with van der Waals surface area (Å²) in [6, 6.07) is 11.6. The van der Waals surface area contributed by atoms with E-state index < -0.39 is 6.10 Å². The minimum Gasteiger partial charge on any atom is -0.387 e. The lowest BCUT2D eigenvalue weighted by molar-refractivity contribution is 0.0600. The highest BCUT2D eigenvalue weighted by molar-refractivity contribution is 6.29. The monoisotopic (exact) mass is 431 g/mol. The Morgan fingerprint density at radius 3 is 2.67 bits per heavy atom. The summed E-state index contributed by atoms with van der Waals surface area (Å²) in [5.74, 6) is -0.01000. The molecule has 2 N–H and O–H groups in total. The number of amides is 1. The quantitative estimate of drug-likeness (QED) is 0.627. The Bertz CT molecular complexity index is 829. The molecule has 2 heterocycles. The zero-order valence-corrected chi connectivity index (χ0v) is 18.5. The number of benzene rings is 1. The number of nitrogens with zero attached hydrogens (tertiary/aromatic N) is 2. The van der Waals surface area contributed by atoms with Gasteiger partial charge in [0.05, 0.1) is 12.2 Å². The number of aliphatic hydroxyl groups excluding tert-OH is 1. The highest BCUT2D eigenvalue weighted by Gasteiger charge is 2.30. The summed E-state index contributed by atoms with van der Waals surface area (Å²) in [6.07, 6.45) is 3.76. The fraction of sp³-hybridized carbons (Fsp3) is 0.478. The van der Waals surface area contributed by atoms with E-state index in [1.807, 2.05) is 37.3 Å². The third kappa shape index (κ3) is 5.79. The average molecular weight is 432 g/mol. The highest BCUT2D eigenvalue weighted by Crippen LogP contribution is 2.27. The van der Waals surface area contributed by atoms with Gasteiger partial charge in [0.1, 0.15) is 5.15 Å². The van der Waals surface area contributed by atoms with Crippen molar-refractivity contribution < 1.29 is 14.6 Å². The first-order valence-corrected chi connectivity index (χ1v) is 10.7. The average Bonchev–Trinajstić information content (AvgIpc) is 3.22. The first kappa shape index (κ1) is 22.7. The molecule has 1 aromatic heterocycles. The number of hydrogen-bond acceptors (Lipinski definition) is 5. The minimum atomic E-state index is -0.607. The lowest BCUT2D eigenvalue weighted by Crippen LogP contribution is -2.35. The van der Waals surface area contributed by atoms with Crippen LogP contribution in [0.3, 0.4) is 0 Å². The lowest BCUT2D eigenvalue weighted by atomic mass is 10.0. The van der Waals surface area contributed by atoms with Crippen LogP contribution in [0.1, 0.15) is 47.4 Å². The number of pyridine rings is 1. The van der Waals surface area contributed by atoms with E-state index in [4.69, 9.17) is 16.3 Å². The van der Waals surface area contributed by atoms with Crippen LogP contribution in [-0.2, 0) is 11.2 Å². The van der Waals surface area contributed by atoms with Gasteiger partial charge in [-0.3, -0.25) is 4.79 Å². The van der Waals surface area contributed by atoms with Crippen LogP contribution in [0, 0.1) is 0 Å². The number of ether oxygens (including phenoxy) is 1. The Labute approximate surface area is 183 Å². The van der Waals surface area contributed by atoms with Crippen molar-refractivity contribution in [1.82, 2.24) is 15.2 Å². The summed E-state index contributed by atoms with van der Waals surface area (Å²) in [5.41, 5.74) is 2.61. The number of hydrogen-bond donors (Lipinski definition) is 2. The molecule has 6 nitrogen and oxygen atoms in total. The number of aromatic nitrogens is 1. The second kappa shape index (κ2) is 10.4. The lowest BCUT2D eigenvalue weighted by Gasteiger charge is -2.21. The summed E-state index contributed by atoms with van der Waals surface area (Å²) in [5, 5.41) is 14.6. The molecule has 162 valence electrons. The maximum Gasteiger partial charge on any atom is 0.253 e. The number of halogens is 1. The first-order chi connectivity index (χ1) is 14.4. The Balaban J connectivity index is 1.53. The van der Waals surface area contributed by atoms with Crippen LogP contribution in [0.2, 0.25) is 5.15 Å². The largest absolute Gasteiger partial charge is 0.387 e. The van der Waals surface area contributed by atoms with E-state index in [0.717, 1.165) is 24.8 Å². The van der Waals surface area contributed by atoms with Crippen LogP contribution in [0.15, 0.2) is 42.6 Å². The SMILES string of the molecule is COC(C)CN(C)C(=O)c1ccc(C[C@@H]2CC[C@H]([C@H](O)c3ccc(Cl)nc3)N2)cc1. The number of methoxy groups -OCH3 is 1. The molecule has 1 aliphatic rings. The molecular formula is C23H30ClN3O3. The Hall–Kier alpha value is -1.99. The summed E-state index contributed by atoms with van der Waals surface area (Å²) < 4.78 is 5.23. The molecule has 0 spiro atoms. The van der Waals surface area contributed by atoms with Gasteiger partial charge in [0, 0.05) is 50.1 Å². The number of aliphatic hydroxyl groups is 1. The van der Waals surface area contributed by atoms with E-state index >= 15 is 0 Å². The summed E-state index contributed by atoms with van der Waals surface area (Å²) in [7, 11) is 3.43. The minimum absolute atomic E-state index is 0.00128. The van der Waals surface area contributed by atoms with Crippen LogP contribution in [0.5, 0.6) is 0 Å². The van der Waals surface area contributed by atoms with Gasteiger partial charge in [-0.05, 0) is 49.9 Å². The van der Waals surface area contributed by atoms with Gasteiger partial charge in [-0.15, -0.1) is 0 Å². The zero-order valence-electron chi connectivity index (χ0n) is 17.7. The molecule has 3 rings (SSSR count). The fourth-order valence-electron chi connectivity index (χ4n) is 3.89. The molecule has 1 fully saturated rings. The smallest absolute Gasteiger partial charge is 0.253 e. The predicted octanol–water partition coefficient (Wildman–Crippen LogP) is 3.24. The van der Waals surface area contributed by atoms with Crippen molar-refractivity contribution in [2.75, 3.05) is 20.7 Å². The third-order valence-electron chi connectivity index (χ3n) is 5.71. The molecule has 30 heavy (non-hydrogen) atoms. The molecule has 1 aromatic carbocycles. The van der Waals surface area contributed by atoms with Crippen molar-refractivity contribution in [2.24, 2.45) is 0 Å². The van der Waals surface area contributed by atoms with Crippen molar-refractivity contribution in [3.05, 3.63) is 64.4 Å². The summed E-state index contributed by atoms with van der Waals surface area (Å²) in [4.78, 5) is 18.3. The van der Waals surface area contributed by atoms with Gasteiger partial charge in [0.25, 0.3) is 5.91 Å². The van der Waals surface area contributed by atoms with Gasteiger partial charge in [0.15, 0.2) is 0 Å². The maximum atomic E-state index is 12.5. The van der Waals surface area contributed by atoms with Crippen molar-refractivity contribution in [1.29, 1.82) is 0 Å². The van der Waals surface area contributed by atoms with Crippen LogP contribution in [0.25, 0.3) is 0 Å². The molecular weight excluding hydrogens is 402 g/mol. The molecule has 0 bridgehead atoms. The van der Waals surface area contributed by atoms with Gasteiger partial charge >= 0.3 is 0 Å². The molecule has 1 saturated heterocycles. The van der Waals surface area contributed by atoms with Crippen molar-refractivity contribution >= 4 is 17.5 Å². The predicted molar refractivity (Wildman–Crippen MR) is 118 cm³/mol. The molecule has 2 aromatic rings. The number of carbonyl (C=O) groups is 1. The first-order valence-electron chi connectivity index (χ1n) is 10.3. The molecule has 4 atom stereocenters. The topological polar surface area (TPSA) is 74.7 Å². The van der Waals surface area contributed by atoms with Gasteiger partial charge in [-0.25, -0.2) is 4.98 Å². The second-order valence-electron chi connectivity index (χ2n) is 8.04. The van der Waals surface area contributed by atoms with E-state index in [1.165, 1.54) is 5.56 Å². The molecule has 0 saturated carbocycles. The molecule has 1 unspecified atom stereocenters. The number of carbonyl (C=O) groups excluding carboxylic acids is 1. The zero-order chi connectivity index (χ0) is 21.7. The van der Waals surface area contributed by atoms with E-state index in [1.54, 1.807) is 31.3 Å². The van der Waals surface area contributed by atoms with E-state index in [-0.39, 0.29) is 24.1 Å². The van der Waals surface area contributed by atoms with Crippen molar-refractivity contribution in [2.45, 2.75) is 50.5 Å². The number of nitrogens with one attached hydrogen (secondary N) is 1. The number of rotatable bonds is 8. The number of likely N-dealkylation sites (N-methyl/N-ethyl adjacent to an activating group) is 1. The molecule has 1 amide bonds. The summed E-state index contributed by atoms with van der Waals surface area (Å²) >= 11 is 5.83. The van der Waals surface area contributed by atoms with Crippen molar-refractivity contribution in [3.63, 3.8) is 0 Å². The second-order valence-corrected chi connectivity index (χ2v) is 8.43. The van der Waals surface area contributed by atoms with Crippen LogP contribution in [0.4, 0.5) is 0 Å². The van der Waals surface area contributed by atoms with E-state index in [2.05, 4.69) is 10.3 Å². The van der Waals surface area contributed by atoms with Crippen LogP contribution < -0.4 is 5.32 Å². The Kier molecular flexibility index (Phi) is 7.83. The maximum absolute atomic E-state index is 12.5. The molecule has 1 aliphatic heterocycles. The normalized spacial score (nSPS) is 20.7. The standard InChI is InChI=1S/C23H30ClN3O3/c1-15(30-3)14-27(2)23(29)17-6-4-16(5-7-17)12-19-9-10-20(26-19)22(28)18-8-11-21(24)25-13-18/h4-8,11,13,15,19-20,22,26,28H,9-10,12,14H2,1-3H3/t15?,19-,20+,22+/m0/s1. The van der Waals surface area contributed by atoms with Crippen LogP contribution in [-0.4, -0.2) is 59.8 Å². The van der Waals surface area contributed by atoms with Gasteiger partial charge in [-0.1, -0.05) is 29.8 Å². The molecule has 7 heteroatoms. The van der Waals surface area contributed by atoms with Crippen LogP contribution >= 0.6 is 11.6 Å². The fourth-order valence-corrected chi connectivity index (χ4v) is 4.00. The van der Waals surface area contributed by atoms with Gasteiger partial charge in [-0.2, -0.15) is 0 Å². The van der Waals surface area contributed by atoms with E-state index in [9.17, 15) is 9.90 Å². The van der Waals surface area contributed by atoms with E-state index in [0.29, 0.717) is 17.3 Å².